The van der Waals surface area contributed by atoms with Crippen molar-refractivity contribution in [1.29, 1.82) is 0 Å². The summed E-state index contributed by atoms with van der Waals surface area (Å²) in [7, 11) is 1.38. The van der Waals surface area contributed by atoms with Crippen LogP contribution in [-0.2, 0) is 35.4 Å². The van der Waals surface area contributed by atoms with E-state index in [-0.39, 0.29) is 24.3 Å². The number of esters is 1. The molecule has 0 fully saturated rings. The summed E-state index contributed by atoms with van der Waals surface area (Å²) in [5.41, 5.74) is 1.40. The van der Waals surface area contributed by atoms with Gasteiger partial charge in [0, 0.05) is 4.88 Å². The second kappa shape index (κ2) is 7.94. The summed E-state index contributed by atoms with van der Waals surface area (Å²) in [5, 5.41) is 0.667. The molecule has 0 unspecified atom stereocenters. The summed E-state index contributed by atoms with van der Waals surface area (Å²) in [6, 6.07) is 4.31. The number of nitrogens with zero attached hydrogens (tertiary/aromatic N) is 1. The second-order valence-electron chi connectivity index (χ2n) is 7.35. The number of carbonyl (C=O) groups excluding carboxylic acids is 1. The third-order valence-electron chi connectivity index (χ3n) is 5.15. The van der Waals surface area contributed by atoms with Crippen LogP contribution >= 0.6 is 11.3 Å². The number of H-pyrrole nitrogens is 1. The maximum atomic E-state index is 13.7. The predicted molar refractivity (Wildman–Crippen MR) is 108 cm³/mol. The Morgan fingerprint density at radius 3 is 3.00 bits per heavy atom. The fourth-order valence-corrected chi connectivity index (χ4v) is 5.05. The van der Waals surface area contributed by atoms with Crippen LogP contribution in [0.2, 0.25) is 0 Å². The van der Waals surface area contributed by atoms with E-state index >= 15 is 0 Å². The largest absolute Gasteiger partial charge is 0.494 e. The van der Waals surface area contributed by atoms with Crippen molar-refractivity contribution in [3.8, 4) is 5.75 Å². The number of halogens is 1. The third kappa shape index (κ3) is 4.03. The lowest BCUT2D eigenvalue weighted by Crippen LogP contribution is -2.16. The number of ether oxygens (including phenoxy) is 2. The van der Waals surface area contributed by atoms with Gasteiger partial charge in [-0.15, -0.1) is 11.3 Å². The maximum Gasteiger partial charge on any atom is 0.310 e. The minimum Gasteiger partial charge on any atom is -0.494 e. The average molecular weight is 416 g/mol. The van der Waals surface area contributed by atoms with E-state index in [4.69, 9.17) is 9.47 Å². The van der Waals surface area contributed by atoms with Crippen LogP contribution in [0.3, 0.4) is 0 Å². The summed E-state index contributed by atoms with van der Waals surface area (Å²) in [4.78, 5) is 33.8. The molecule has 152 valence electrons. The van der Waals surface area contributed by atoms with Crippen molar-refractivity contribution in [2.24, 2.45) is 5.92 Å². The van der Waals surface area contributed by atoms with E-state index < -0.39 is 11.8 Å². The zero-order valence-corrected chi connectivity index (χ0v) is 17.0. The van der Waals surface area contributed by atoms with E-state index in [1.165, 1.54) is 24.1 Å². The first-order chi connectivity index (χ1) is 13.9. The Bertz CT molecular complexity index is 1140. The van der Waals surface area contributed by atoms with Crippen molar-refractivity contribution in [1.82, 2.24) is 9.97 Å². The zero-order chi connectivity index (χ0) is 20.5. The number of aromatic nitrogens is 2. The number of methoxy groups -OCH3 is 1. The van der Waals surface area contributed by atoms with Gasteiger partial charge in [0.05, 0.1) is 18.9 Å². The highest BCUT2D eigenvalue weighted by atomic mass is 32.1. The Morgan fingerprint density at radius 2 is 2.24 bits per heavy atom. The van der Waals surface area contributed by atoms with E-state index in [0.717, 1.165) is 24.8 Å². The highest BCUT2D eigenvalue weighted by Crippen LogP contribution is 2.35. The fourth-order valence-electron chi connectivity index (χ4n) is 3.65. The van der Waals surface area contributed by atoms with E-state index in [1.54, 1.807) is 17.4 Å². The third-order valence-corrected chi connectivity index (χ3v) is 6.30. The molecular formula is C21H21FN2O4S. The summed E-state index contributed by atoms with van der Waals surface area (Å²) in [5.74, 6) is -0.0339. The number of carbonyl (C=O) groups is 1. The fraction of sp³-hybridized carbons (Fsp3) is 0.381. The molecule has 0 bridgehead atoms. The van der Waals surface area contributed by atoms with Crippen molar-refractivity contribution in [2.45, 2.75) is 39.2 Å². The number of benzene rings is 1. The van der Waals surface area contributed by atoms with Gasteiger partial charge in [0.1, 0.15) is 17.3 Å². The van der Waals surface area contributed by atoms with Gasteiger partial charge in [-0.3, -0.25) is 9.59 Å². The number of thiophene rings is 1. The lowest BCUT2D eigenvalue weighted by molar-refractivity contribution is -0.144. The number of aromatic amines is 1. The molecule has 2 heterocycles. The van der Waals surface area contributed by atoms with Gasteiger partial charge >= 0.3 is 5.97 Å². The van der Waals surface area contributed by atoms with Crippen LogP contribution in [0.4, 0.5) is 4.39 Å². The molecular weight excluding hydrogens is 395 g/mol. The molecule has 0 spiro atoms. The Hall–Kier alpha value is -2.74. The molecule has 29 heavy (non-hydrogen) atoms. The van der Waals surface area contributed by atoms with E-state index in [2.05, 4.69) is 16.9 Å². The first kappa shape index (κ1) is 19.6. The van der Waals surface area contributed by atoms with Crippen LogP contribution in [0.1, 0.15) is 35.2 Å². The number of aryl methyl sites for hydroxylation is 1. The van der Waals surface area contributed by atoms with Gasteiger partial charge in [-0.1, -0.05) is 13.0 Å². The highest BCUT2D eigenvalue weighted by Gasteiger charge is 2.23. The Kier molecular flexibility index (Phi) is 5.36. The SMILES string of the molecule is COc1ccc(CC(=O)OCc2nc3sc4c(c3c(=O)[nH]2)CC[C@@H](C)C4)cc1F. The molecule has 3 aromatic rings. The molecule has 0 aliphatic heterocycles. The van der Waals surface area contributed by atoms with Crippen molar-refractivity contribution in [3.05, 3.63) is 56.2 Å². The molecule has 1 N–H and O–H groups in total. The van der Waals surface area contributed by atoms with E-state index in [1.807, 2.05) is 0 Å². The molecule has 2 aromatic heterocycles. The van der Waals surface area contributed by atoms with Crippen LogP contribution in [0.5, 0.6) is 5.75 Å². The molecule has 0 saturated heterocycles. The smallest absolute Gasteiger partial charge is 0.310 e. The summed E-state index contributed by atoms with van der Waals surface area (Å²) in [6.07, 6.45) is 2.86. The van der Waals surface area contributed by atoms with Crippen LogP contribution in [-0.4, -0.2) is 23.0 Å². The first-order valence-electron chi connectivity index (χ1n) is 9.46. The van der Waals surface area contributed by atoms with Gasteiger partial charge in [-0.2, -0.15) is 0 Å². The Morgan fingerprint density at radius 1 is 1.41 bits per heavy atom. The quantitative estimate of drug-likeness (QED) is 0.644. The van der Waals surface area contributed by atoms with Crippen LogP contribution < -0.4 is 10.3 Å². The van der Waals surface area contributed by atoms with Gasteiger partial charge in [-0.05, 0) is 48.4 Å². The first-order valence-corrected chi connectivity index (χ1v) is 10.3. The molecule has 1 aromatic carbocycles. The zero-order valence-electron chi connectivity index (χ0n) is 16.2. The Balaban J connectivity index is 1.46. The summed E-state index contributed by atoms with van der Waals surface area (Å²) in [6.45, 7) is 2.08. The summed E-state index contributed by atoms with van der Waals surface area (Å²) < 4.78 is 23.8. The van der Waals surface area contributed by atoms with Crippen molar-refractivity contribution in [2.75, 3.05) is 7.11 Å². The number of hydrogen-bond donors (Lipinski definition) is 1. The minimum atomic E-state index is -0.537. The van der Waals surface area contributed by atoms with Crippen molar-refractivity contribution >= 4 is 27.5 Å². The number of nitrogens with one attached hydrogen (secondary N) is 1. The molecule has 6 nitrogen and oxygen atoms in total. The normalized spacial score (nSPS) is 15.9. The minimum absolute atomic E-state index is 0.0847. The molecule has 1 aliphatic rings. The number of rotatable bonds is 5. The second-order valence-corrected chi connectivity index (χ2v) is 8.43. The number of fused-ring (bicyclic) bond motifs is 3. The average Bonchev–Trinajstić information content (AvgIpc) is 3.04. The molecule has 1 atom stereocenters. The van der Waals surface area contributed by atoms with Gasteiger partial charge in [0.15, 0.2) is 11.6 Å². The van der Waals surface area contributed by atoms with Gasteiger partial charge in [0.2, 0.25) is 0 Å². The summed E-state index contributed by atoms with van der Waals surface area (Å²) >= 11 is 1.55. The van der Waals surface area contributed by atoms with Crippen LogP contribution in [0.25, 0.3) is 10.2 Å². The lowest BCUT2D eigenvalue weighted by atomic mass is 9.89. The van der Waals surface area contributed by atoms with E-state index in [0.29, 0.717) is 27.5 Å². The van der Waals surface area contributed by atoms with Crippen LogP contribution in [0.15, 0.2) is 23.0 Å². The molecule has 0 radical (unpaired) electrons. The molecule has 8 heteroatoms. The molecule has 0 amide bonds. The van der Waals surface area contributed by atoms with Crippen LogP contribution in [0, 0.1) is 11.7 Å². The van der Waals surface area contributed by atoms with Crippen molar-refractivity contribution < 1.29 is 18.7 Å². The Labute approximate surface area is 170 Å². The monoisotopic (exact) mass is 416 g/mol. The topological polar surface area (TPSA) is 81.3 Å². The van der Waals surface area contributed by atoms with Crippen molar-refractivity contribution in [3.63, 3.8) is 0 Å². The van der Waals surface area contributed by atoms with Gasteiger partial charge < -0.3 is 14.5 Å². The van der Waals surface area contributed by atoms with E-state index in [9.17, 15) is 14.0 Å². The molecule has 1 aliphatic carbocycles. The van der Waals surface area contributed by atoms with Gasteiger partial charge in [0.25, 0.3) is 5.56 Å². The molecule has 0 saturated carbocycles. The predicted octanol–water partition coefficient (Wildman–Crippen LogP) is 3.54. The number of hydrogen-bond acceptors (Lipinski definition) is 6. The standard InChI is InChI=1S/C21H21FN2O4S/c1-11-3-5-13-16(7-11)29-21-19(13)20(26)23-17(24-21)10-28-18(25)9-12-4-6-15(27-2)14(22)8-12/h4,6,8,11H,3,5,7,9-10H2,1-2H3,(H,23,24,26)/t11-/m1/s1. The maximum absolute atomic E-state index is 13.7. The molecule has 4 rings (SSSR count). The lowest BCUT2D eigenvalue weighted by Gasteiger charge is -2.17. The van der Waals surface area contributed by atoms with Gasteiger partial charge in [-0.25, -0.2) is 9.37 Å². The highest BCUT2D eigenvalue weighted by molar-refractivity contribution is 7.18.